The van der Waals surface area contributed by atoms with Crippen molar-refractivity contribution in [1.82, 2.24) is 15.0 Å². The summed E-state index contributed by atoms with van der Waals surface area (Å²) < 4.78 is 5.51. The summed E-state index contributed by atoms with van der Waals surface area (Å²) >= 11 is 0. The maximum absolute atomic E-state index is 5.51. The van der Waals surface area contributed by atoms with Crippen LogP contribution in [0.1, 0.15) is 18.6 Å². The molecule has 0 atom stereocenters. The van der Waals surface area contributed by atoms with Crippen molar-refractivity contribution in [3.63, 3.8) is 0 Å². The minimum atomic E-state index is 0.484. The number of hydrogen-bond acceptors (Lipinski definition) is 5. The van der Waals surface area contributed by atoms with Gasteiger partial charge in [-0.3, -0.25) is 0 Å². The summed E-state index contributed by atoms with van der Waals surface area (Å²) in [5.74, 6) is 2.11. The van der Waals surface area contributed by atoms with Gasteiger partial charge in [-0.25, -0.2) is 15.0 Å². The Kier molecular flexibility index (Phi) is 3.10. The summed E-state index contributed by atoms with van der Waals surface area (Å²) in [7, 11) is 0. The van der Waals surface area contributed by atoms with Crippen molar-refractivity contribution >= 4 is 16.9 Å². The fraction of sp³-hybridized carbons (Fsp3) is 0.214. The van der Waals surface area contributed by atoms with Gasteiger partial charge < -0.3 is 9.73 Å². The van der Waals surface area contributed by atoms with Crippen LogP contribution in [0.5, 0.6) is 0 Å². The van der Waals surface area contributed by atoms with Gasteiger partial charge in [-0.2, -0.15) is 0 Å². The second-order valence-electron chi connectivity index (χ2n) is 4.18. The van der Waals surface area contributed by atoms with Crippen molar-refractivity contribution in [2.24, 2.45) is 0 Å². The molecule has 0 radical (unpaired) electrons. The Bertz CT molecular complexity index is 692. The normalized spacial score (nSPS) is 10.8. The van der Waals surface area contributed by atoms with Gasteiger partial charge in [0.05, 0.1) is 18.3 Å². The lowest BCUT2D eigenvalue weighted by atomic mass is 10.2. The van der Waals surface area contributed by atoms with Gasteiger partial charge in [0.15, 0.2) is 0 Å². The van der Waals surface area contributed by atoms with Gasteiger partial charge in [0, 0.05) is 18.0 Å². The quantitative estimate of drug-likeness (QED) is 0.775. The van der Waals surface area contributed by atoms with Crippen LogP contribution >= 0.6 is 0 Å². The molecule has 0 bridgehead atoms. The summed E-state index contributed by atoms with van der Waals surface area (Å²) in [6.07, 6.45) is 4.40. The molecule has 3 rings (SSSR count). The van der Waals surface area contributed by atoms with Crippen molar-refractivity contribution in [3.05, 3.63) is 48.3 Å². The summed E-state index contributed by atoms with van der Waals surface area (Å²) in [5.41, 5.74) is 0.918. The predicted molar refractivity (Wildman–Crippen MR) is 72.7 cm³/mol. The zero-order valence-corrected chi connectivity index (χ0v) is 10.6. The van der Waals surface area contributed by atoms with Crippen LogP contribution < -0.4 is 5.32 Å². The van der Waals surface area contributed by atoms with Crippen LogP contribution in [0.15, 0.2) is 41.1 Å². The number of benzene rings is 1. The number of fused-ring (bicyclic) bond motifs is 1. The van der Waals surface area contributed by atoms with Crippen LogP contribution in [-0.4, -0.2) is 15.0 Å². The second-order valence-corrected chi connectivity index (χ2v) is 4.18. The lowest BCUT2D eigenvalue weighted by Crippen LogP contribution is -2.03. The molecule has 0 aliphatic carbocycles. The van der Waals surface area contributed by atoms with E-state index in [1.165, 1.54) is 0 Å². The van der Waals surface area contributed by atoms with E-state index in [9.17, 15) is 0 Å². The third kappa shape index (κ3) is 2.54. The van der Waals surface area contributed by atoms with E-state index in [1.54, 1.807) is 12.4 Å². The molecule has 1 N–H and O–H groups in total. The molecule has 0 unspecified atom stereocenters. The largest absolute Gasteiger partial charge is 0.444 e. The highest BCUT2D eigenvalue weighted by Crippen LogP contribution is 2.12. The molecular weight excluding hydrogens is 240 g/mol. The van der Waals surface area contributed by atoms with Gasteiger partial charge in [-0.05, 0) is 6.07 Å². The number of nitrogens with one attached hydrogen (secondary N) is 1. The maximum atomic E-state index is 5.51. The van der Waals surface area contributed by atoms with E-state index in [2.05, 4.69) is 20.3 Å². The molecule has 5 nitrogen and oxygen atoms in total. The lowest BCUT2D eigenvalue weighted by molar-refractivity contribution is 0.465. The molecule has 5 heteroatoms. The molecule has 0 spiro atoms. The molecule has 96 valence electrons. The van der Waals surface area contributed by atoms with Crippen molar-refractivity contribution in [2.75, 3.05) is 5.32 Å². The molecule has 0 aliphatic rings. The number of hydrogen-bond donors (Lipinski definition) is 1. The fourth-order valence-electron chi connectivity index (χ4n) is 1.81. The van der Waals surface area contributed by atoms with Crippen molar-refractivity contribution < 1.29 is 4.42 Å². The summed E-state index contributed by atoms with van der Waals surface area (Å²) in [6.45, 7) is 2.52. The average molecular weight is 254 g/mol. The fourth-order valence-corrected chi connectivity index (χ4v) is 1.81. The van der Waals surface area contributed by atoms with Crippen LogP contribution in [-0.2, 0) is 13.0 Å². The van der Waals surface area contributed by atoms with Crippen LogP contribution in [0.25, 0.3) is 10.9 Å². The first-order chi connectivity index (χ1) is 9.35. The highest BCUT2D eigenvalue weighted by Gasteiger charge is 2.04. The van der Waals surface area contributed by atoms with E-state index in [1.807, 2.05) is 31.2 Å². The predicted octanol–water partition coefficient (Wildman–Crippen LogP) is 2.79. The van der Waals surface area contributed by atoms with Crippen molar-refractivity contribution in [1.29, 1.82) is 0 Å². The van der Waals surface area contributed by atoms with E-state index >= 15 is 0 Å². The highest BCUT2D eigenvalue weighted by molar-refractivity contribution is 5.78. The molecule has 0 aliphatic heterocycles. The average Bonchev–Trinajstić information content (AvgIpc) is 2.93. The molecule has 2 aromatic heterocycles. The van der Waals surface area contributed by atoms with Crippen LogP contribution in [0.3, 0.4) is 0 Å². The first-order valence-electron chi connectivity index (χ1n) is 6.24. The van der Waals surface area contributed by atoms with Gasteiger partial charge in [0.25, 0.3) is 0 Å². The van der Waals surface area contributed by atoms with Gasteiger partial charge >= 0.3 is 0 Å². The smallest absolute Gasteiger partial charge is 0.223 e. The summed E-state index contributed by atoms with van der Waals surface area (Å²) in [5, 5.41) is 4.14. The molecule has 0 amide bonds. The molecule has 3 aromatic rings. The molecule has 1 aromatic carbocycles. The minimum absolute atomic E-state index is 0.484. The van der Waals surface area contributed by atoms with Crippen LogP contribution in [0.4, 0.5) is 5.95 Å². The van der Waals surface area contributed by atoms with E-state index in [-0.39, 0.29) is 0 Å². The summed E-state index contributed by atoms with van der Waals surface area (Å²) in [6, 6.07) is 7.88. The van der Waals surface area contributed by atoms with Gasteiger partial charge in [0.2, 0.25) is 11.8 Å². The molecule has 0 fully saturated rings. The third-order valence-corrected chi connectivity index (χ3v) is 2.84. The zero-order chi connectivity index (χ0) is 13.1. The topological polar surface area (TPSA) is 63.8 Å². The van der Waals surface area contributed by atoms with Gasteiger partial charge in [-0.15, -0.1) is 0 Å². The van der Waals surface area contributed by atoms with E-state index in [0.717, 1.165) is 23.1 Å². The first kappa shape index (κ1) is 11.6. The molecule has 19 heavy (non-hydrogen) atoms. The van der Waals surface area contributed by atoms with Crippen LogP contribution in [0, 0.1) is 0 Å². The van der Waals surface area contributed by atoms with Crippen molar-refractivity contribution in [2.45, 2.75) is 19.9 Å². The highest BCUT2D eigenvalue weighted by atomic mass is 16.4. The van der Waals surface area contributed by atoms with E-state index in [4.69, 9.17) is 4.42 Å². The number of rotatable bonds is 4. The van der Waals surface area contributed by atoms with Crippen molar-refractivity contribution in [3.8, 4) is 0 Å². The third-order valence-electron chi connectivity index (χ3n) is 2.84. The Morgan fingerprint density at radius 3 is 2.89 bits per heavy atom. The number of oxazole rings is 1. The van der Waals surface area contributed by atoms with E-state index in [0.29, 0.717) is 18.4 Å². The number of nitrogens with zero attached hydrogens (tertiary/aromatic N) is 3. The van der Waals surface area contributed by atoms with Gasteiger partial charge in [0.1, 0.15) is 5.76 Å². The Morgan fingerprint density at radius 1 is 1.16 bits per heavy atom. The Morgan fingerprint density at radius 2 is 2.05 bits per heavy atom. The Hall–Kier alpha value is -2.43. The SMILES string of the molecule is CCc1cnc(CNc2ncc3ccccc3n2)o1. The number of anilines is 1. The molecular formula is C14H14N4O. The Balaban J connectivity index is 1.74. The van der Waals surface area contributed by atoms with E-state index < -0.39 is 0 Å². The molecule has 2 heterocycles. The van der Waals surface area contributed by atoms with Gasteiger partial charge in [-0.1, -0.05) is 25.1 Å². The first-order valence-corrected chi connectivity index (χ1v) is 6.24. The monoisotopic (exact) mass is 254 g/mol. The lowest BCUT2D eigenvalue weighted by Gasteiger charge is -2.03. The molecule has 0 saturated heterocycles. The standard InChI is InChI=1S/C14H14N4O/c1-2-11-8-15-13(19-11)9-17-14-16-7-10-5-3-4-6-12(10)18-14/h3-8H,2,9H2,1H3,(H,16,17,18). The van der Waals surface area contributed by atoms with Crippen LogP contribution in [0.2, 0.25) is 0 Å². The minimum Gasteiger partial charge on any atom is -0.444 e. The second kappa shape index (κ2) is 5.06. The number of para-hydroxylation sites is 1. The Labute approximate surface area is 110 Å². The summed E-state index contributed by atoms with van der Waals surface area (Å²) in [4.78, 5) is 12.9. The number of aryl methyl sites for hydroxylation is 1. The number of aromatic nitrogens is 3. The zero-order valence-electron chi connectivity index (χ0n) is 10.6. The maximum Gasteiger partial charge on any atom is 0.223 e. The molecule has 0 saturated carbocycles.